The van der Waals surface area contributed by atoms with Crippen molar-refractivity contribution in [1.82, 2.24) is 14.7 Å². The van der Waals surface area contributed by atoms with Crippen molar-refractivity contribution in [3.63, 3.8) is 0 Å². The monoisotopic (exact) mass is 462 g/mol. The van der Waals surface area contributed by atoms with Crippen LogP contribution in [0, 0.1) is 0 Å². The molecule has 0 radical (unpaired) electrons. The Balaban J connectivity index is 1.65. The van der Waals surface area contributed by atoms with Crippen LogP contribution >= 0.6 is 23.2 Å². The lowest BCUT2D eigenvalue weighted by Gasteiger charge is -2.33. The molecule has 1 fully saturated rings. The Morgan fingerprint density at radius 3 is 2.90 bits per heavy atom. The molecule has 0 bridgehead atoms. The molecule has 2 aliphatic heterocycles. The summed E-state index contributed by atoms with van der Waals surface area (Å²) in [6.07, 6.45) is 5.81. The summed E-state index contributed by atoms with van der Waals surface area (Å²) in [5, 5.41) is 8.78. The SMILES string of the molecule is CCCCOCC1CCCN1C(=O)C1=C(C)Nc2ccnn2C1c1ccc(Cl)c(Cl)c1. The number of likely N-dealkylation sites (tertiary alicyclic amines) is 1. The molecule has 0 saturated carbocycles. The van der Waals surface area contributed by atoms with E-state index in [0.717, 1.165) is 55.9 Å². The highest BCUT2D eigenvalue weighted by Crippen LogP contribution is 2.39. The first-order chi connectivity index (χ1) is 15.0. The van der Waals surface area contributed by atoms with Gasteiger partial charge in [0.1, 0.15) is 11.9 Å². The van der Waals surface area contributed by atoms with E-state index in [4.69, 9.17) is 27.9 Å². The van der Waals surface area contributed by atoms with Gasteiger partial charge in [0.2, 0.25) is 0 Å². The van der Waals surface area contributed by atoms with Crippen LogP contribution in [0.2, 0.25) is 10.0 Å². The van der Waals surface area contributed by atoms with Gasteiger partial charge in [0, 0.05) is 24.9 Å². The maximum Gasteiger partial charge on any atom is 0.254 e. The number of anilines is 1. The molecule has 3 heterocycles. The van der Waals surface area contributed by atoms with Crippen molar-refractivity contribution in [3.05, 3.63) is 57.3 Å². The second kappa shape index (κ2) is 9.63. The Kier molecular flexibility index (Phi) is 6.89. The lowest BCUT2D eigenvalue weighted by atomic mass is 9.94. The summed E-state index contributed by atoms with van der Waals surface area (Å²) in [4.78, 5) is 15.8. The van der Waals surface area contributed by atoms with E-state index in [1.165, 1.54) is 0 Å². The van der Waals surface area contributed by atoms with Crippen LogP contribution in [0.3, 0.4) is 0 Å². The maximum absolute atomic E-state index is 13.8. The highest BCUT2D eigenvalue weighted by Gasteiger charge is 2.38. The van der Waals surface area contributed by atoms with Gasteiger partial charge in [0.15, 0.2) is 0 Å². The number of allylic oxidation sites excluding steroid dienone is 1. The zero-order chi connectivity index (χ0) is 22.0. The second-order valence-electron chi connectivity index (χ2n) is 8.12. The third kappa shape index (κ3) is 4.47. The van der Waals surface area contributed by atoms with Gasteiger partial charge in [0.25, 0.3) is 5.91 Å². The van der Waals surface area contributed by atoms with Crippen molar-refractivity contribution < 1.29 is 9.53 Å². The molecule has 4 rings (SSSR count). The number of carbonyl (C=O) groups is 1. The Bertz CT molecular complexity index is 988. The number of amides is 1. The van der Waals surface area contributed by atoms with Crippen LogP contribution in [0.15, 0.2) is 41.7 Å². The van der Waals surface area contributed by atoms with E-state index >= 15 is 0 Å². The van der Waals surface area contributed by atoms with Crippen LogP contribution in [-0.2, 0) is 9.53 Å². The number of unbranched alkanes of at least 4 members (excludes halogenated alkanes) is 1. The molecule has 166 valence electrons. The molecule has 2 aliphatic rings. The number of halogens is 2. The van der Waals surface area contributed by atoms with Gasteiger partial charge in [-0.15, -0.1) is 0 Å². The van der Waals surface area contributed by atoms with Crippen LogP contribution in [0.25, 0.3) is 0 Å². The molecule has 8 heteroatoms. The van der Waals surface area contributed by atoms with Gasteiger partial charge >= 0.3 is 0 Å². The average Bonchev–Trinajstić information content (AvgIpc) is 3.41. The summed E-state index contributed by atoms with van der Waals surface area (Å²) < 4.78 is 7.70. The first-order valence-electron chi connectivity index (χ1n) is 10.9. The van der Waals surface area contributed by atoms with Gasteiger partial charge in [-0.1, -0.05) is 42.6 Å². The molecule has 6 nitrogen and oxygen atoms in total. The Morgan fingerprint density at radius 2 is 2.13 bits per heavy atom. The number of nitrogens with one attached hydrogen (secondary N) is 1. The molecular formula is C23H28Cl2N4O2. The number of rotatable bonds is 7. The zero-order valence-electron chi connectivity index (χ0n) is 17.9. The summed E-state index contributed by atoms with van der Waals surface area (Å²) in [5.74, 6) is 0.856. The first kappa shape index (κ1) is 22.2. The average molecular weight is 463 g/mol. The molecule has 1 amide bonds. The number of fused-ring (bicyclic) bond motifs is 1. The quantitative estimate of drug-likeness (QED) is 0.568. The van der Waals surface area contributed by atoms with Gasteiger partial charge in [-0.25, -0.2) is 4.68 Å². The van der Waals surface area contributed by atoms with Crippen LogP contribution in [0.5, 0.6) is 0 Å². The lowest BCUT2D eigenvalue weighted by molar-refractivity contribution is -0.129. The van der Waals surface area contributed by atoms with Crippen LogP contribution in [0.1, 0.15) is 51.1 Å². The van der Waals surface area contributed by atoms with E-state index in [1.807, 2.05) is 34.7 Å². The van der Waals surface area contributed by atoms with Crippen molar-refractivity contribution in [3.8, 4) is 0 Å². The Hall–Kier alpha value is -2.02. The molecule has 2 unspecified atom stereocenters. The maximum atomic E-state index is 13.8. The molecule has 1 N–H and O–H groups in total. The predicted octanol–water partition coefficient (Wildman–Crippen LogP) is 5.29. The smallest absolute Gasteiger partial charge is 0.254 e. The fourth-order valence-electron chi connectivity index (χ4n) is 4.37. The van der Waals surface area contributed by atoms with E-state index in [9.17, 15) is 4.79 Å². The van der Waals surface area contributed by atoms with Crippen molar-refractivity contribution in [2.75, 3.05) is 25.1 Å². The predicted molar refractivity (Wildman–Crippen MR) is 124 cm³/mol. The Morgan fingerprint density at radius 1 is 1.29 bits per heavy atom. The third-order valence-corrected chi connectivity index (χ3v) is 6.73. The molecular weight excluding hydrogens is 435 g/mol. The summed E-state index contributed by atoms with van der Waals surface area (Å²) in [6, 6.07) is 7.11. The number of nitrogens with zero attached hydrogens (tertiary/aromatic N) is 3. The molecule has 0 aliphatic carbocycles. The summed E-state index contributed by atoms with van der Waals surface area (Å²) >= 11 is 12.5. The van der Waals surface area contributed by atoms with Crippen LogP contribution in [-0.4, -0.2) is 46.4 Å². The van der Waals surface area contributed by atoms with Crippen LogP contribution in [0.4, 0.5) is 5.82 Å². The van der Waals surface area contributed by atoms with Gasteiger partial charge in [-0.2, -0.15) is 5.10 Å². The van der Waals surface area contributed by atoms with Crippen molar-refractivity contribution in [2.24, 2.45) is 0 Å². The fraction of sp³-hybridized carbons (Fsp3) is 0.478. The van der Waals surface area contributed by atoms with Crippen LogP contribution < -0.4 is 5.32 Å². The molecule has 1 saturated heterocycles. The largest absolute Gasteiger partial charge is 0.379 e. The number of benzene rings is 1. The third-order valence-electron chi connectivity index (χ3n) is 5.99. The van der Waals surface area contributed by atoms with E-state index in [-0.39, 0.29) is 18.0 Å². The van der Waals surface area contributed by atoms with E-state index in [0.29, 0.717) is 22.2 Å². The molecule has 0 spiro atoms. The normalized spacial score (nSPS) is 20.7. The van der Waals surface area contributed by atoms with E-state index in [1.54, 1.807) is 12.3 Å². The van der Waals surface area contributed by atoms with Gasteiger partial charge in [-0.05, 0) is 43.9 Å². The molecule has 2 atom stereocenters. The highest BCUT2D eigenvalue weighted by atomic mass is 35.5. The molecule has 1 aromatic carbocycles. The molecule has 1 aromatic heterocycles. The van der Waals surface area contributed by atoms with Crippen molar-refractivity contribution in [2.45, 2.75) is 51.6 Å². The first-order valence-corrected chi connectivity index (χ1v) is 11.6. The minimum Gasteiger partial charge on any atom is -0.379 e. The lowest BCUT2D eigenvalue weighted by Crippen LogP contribution is -2.42. The minimum atomic E-state index is -0.379. The summed E-state index contributed by atoms with van der Waals surface area (Å²) in [5.41, 5.74) is 2.38. The number of hydrogen-bond donors (Lipinski definition) is 1. The van der Waals surface area contributed by atoms with E-state index in [2.05, 4.69) is 17.3 Å². The fourth-order valence-corrected chi connectivity index (χ4v) is 4.68. The van der Waals surface area contributed by atoms with E-state index < -0.39 is 0 Å². The standard InChI is InChI=1S/C23H28Cl2N4O2/c1-3-4-12-31-14-17-6-5-11-28(17)23(30)21-15(2)27-20-9-10-26-29(20)22(21)16-7-8-18(24)19(25)13-16/h7-10,13,17,22,27H,3-6,11-12,14H2,1-2H3. The molecule has 2 aromatic rings. The summed E-state index contributed by atoms with van der Waals surface area (Å²) in [7, 11) is 0. The molecule has 31 heavy (non-hydrogen) atoms. The second-order valence-corrected chi connectivity index (χ2v) is 8.94. The van der Waals surface area contributed by atoms with Crippen molar-refractivity contribution in [1.29, 1.82) is 0 Å². The minimum absolute atomic E-state index is 0.0174. The number of carbonyl (C=O) groups excluding carboxylic acids is 1. The van der Waals surface area contributed by atoms with Crippen molar-refractivity contribution >= 4 is 34.9 Å². The highest BCUT2D eigenvalue weighted by molar-refractivity contribution is 6.42. The summed E-state index contributed by atoms with van der Waals surface area (Å²) in [6.45, 7) is 6.14. The van der Waals surface area contributed by atoms with Gasteiger partial charge in [0.05, 0.1) is 34.5 Å². The topological polar surface area (TPSA) is 59.4 Å². The van der Waals surface area contributed by atoms with Gasteiger partial charge in [-0.3, -0.25) is 4.79 Å². The number of ether oxygens (including phenoxy) is 1. The van der Waals surface area contributed by atoms with Gasteiger partial charge < -0.3 is 15.0 Å². The number of aromatic nitrogens is 2. The Labute approximate surface area is 193 Å². The number of hydrogen-bond acceptors (Lipinski definition) is 4. The zero-order valence-corrected chi connectivity index (χ0v) is 19.4.